The highest BCUT2D eigenvalue weighted by Crippen LogP contribution is 2.43. The summed E-state index contributed by atoms with van der Waals surface area (Å²) in [6, 6.07) is 18.5. The molecule has 2 aliphatic heterocycles. The molecule has 3 N–H and O–H groups in total. The van der Waals surface area contributed by atoms with Crippen LogP contribution in [0, 0.1) is 65.2 Å². The maximum atomic E-state index is 7.36. The lowest BCUT2D eigenvalue weighted by Crippen LogP contribution is -2.36. The van der Waals surface area contributed by atoms with Gasteiger partial charge in [0.25, 0.3) is 0 Å². The highest BCUT2D eigenvalue weighted by molar-refractivity contribution is 6.32. The lowest BCUT2D eigenvalue weighted by atomic mass is 9.70. The summed E-state index contributed by atoms with van der Waals surface area (Å²) in [7, 11) is 0. The summed E-state index contributed by atoms with van der Waals surface area (Å²) in [5.74, 6) is 7.03. The van der Waals surface area contributed by atoms with Crippen molar-refractivity contribution in [3.63, 3.8) is 0 Å². The first-order valence-electron chi connectivity index (χ1n) is 34.2. The molecule has 0 radical (unpaired) electrons. The largest absolute Gasteiger partial charge is 0.477 e. The molecule has 94 heavy (non-hydrogen) atoms. The smallest absolute Gasteiger partial charge is 0.319 e. The fourth-order valence-electron chi connectivity index (χ4n) is 13.1. The van der Waals surface area contributed by atoms with E-state index in [2.05, 4.69) is 164 Å². The number of hydrogen-bond acceptors (Lipinski definition) is 17. The van der Waals surface area contributed by atoms with Crippen LogP contribution in [0.2, 0.25) is 10.0 Å². The third-order valence-electron chi connectivity index (χ3n) is 19.6. The second-order valence-corrected chi connectivity index (χ2v) is 30.8. The summed E-state index contributed by atoms with van der Waals surface area (Å²) >= 11 is 12.6. The number of ether oxygens (including phenoxy) is 5. The molecule has 2 saturated heterocycles. The molecule has 3 saturated carbocycles. The Labute approximate surface area is 569 Å². The third kappa shape index (κ3) is 21.1. The Balaban J connectivity index is 0.000000166. The normalized spacial score (nSPS) is 21.3. The molecular weight excluding hydrogens is 1220 g/mol. The van der Waals surface area contributed by atoms with Gasteiger partial charge in [-0.1, -0.05) is 85.5 Å². The van der Waals surface area contributed by atoms with Crippen molar-refractivity contribution in [2.75, 3.05) is 98.2 Å². The molecule has 19 nitrogen and oxygen atoms in total. The van der Waals surface area contributed by atoms with Crippen molar-refractivity contribution in [3.05, 3.63) is 107 Å². The Hall–Kier alpha value is -6.72. The van der Waals surface area contributed by atoms with Crippen molar-refractivity contribution in [3.8, 4) is 17.6 Å². The van der Waals surface area contributed by atoms with Crippen LogP contribution in [0.3, 0.4) is 0 Å². The first-order chi connectivity index (χ1) is 44.8. The number of hydrogen-bond donors (Lipinski definition) is 3. The van der Waals surface area contributed by atoms with Gasteiger partial charge in [-0.05, 0) is 184 Å². The standard InChI is InChI=1S/C25H35ClN4O2.C25H36N4O2.C23H33ClN6O/c1-25(2,3)19-6-4-18(5-7-19)17-32-23-22(26)16-27-24(29-23)28-20-8-10-21(11-9-20)30-12-14-31-15-13-30;1-25(2,3)20-6-4-19(5-7-20)18-31-23-12-13-26-24(28-23)27-21-8-10-22(11-9-21)29-14-16-30-17-15-29;1-15-19(13-30(29-15)23(5,6)25-7)27-21-26-12-18(24)20(28-21)31-14-16-8-10-17(11-9-16)22(2,3)4/h8-11,16,18-19H,4-7,12-15,17H2,1-3H3,(H,27,28,29);8-13,19-20H,4-7,14-18H2,1-3H3,(H,26,27,28);12-13,16-17H,8-11,14H2,1-6H3,(H,26,27,28). The Morgan fingerprint density at radius 3 is 1.29 bits per heavy atom. The summed E-state index contributed by atoms with van der Waals surface area (Å²) in [5, 5.41) is 15.0. The molecule has 21 heteroatoms. The van der Waals surface area contributed by atoms with Gasteiger partial charge in [0.05, 0.1) is 76.2 Å². The zero-order chi connectivity index (χ0) is 67.0. The van der Waals surface area contributed by atoms with Gasteiger partial charge < -0.3 is 49.4 Å². The molecule has 3 aliphatic carbocycles. The van der Waals surface area contributed by atoms with E-state index in [0.717, 1.165) is 99.7 Å². The average molecular weight is 1330 g/mol. The number of nitrogens with zero attached hydrogens (tertiary/aromatic N) is 11. The minimum absolute atomic E-state index is 0.373. The number of benzene rings is 2. The van der Waals surface area contributed by atoms with Gasteiger partial charge in [-0.2, -0.15) is 24.7 Å². The van der Waals surface area contributed by atoms with Gasteiger partial charge in [-0.3, -0.25) is 4.85 Å². The lowest BCUT2D eigenvalue weighted by Gasteiger charge is -2.36. The number of rotatable bonds is 18. The lowest BCUT2D eigenvalue weighted by molar-refractivity contribution is 0.120. The van der Waals surface area contributed by atoms with Crippen molar-refractivity contribution >= 4 is 69.5 Å². The molecule has 510 valence electrons. The molecule has 4 aromatic heterocycles. The molecule has 0 spiro atoms. The van der Waals surface area contributed by atoms with Crippen LogP contribution in [0.25, 0.3) is 4.85 Å². The maximum Gasteiger partial charge on any atom is 0.319 e. The zero-order valence-corrected chi connectivity index (χ0v) is 59.5. The number of anilines is 8. The molecule has 6 aromatic rings. The minimum atomic E-state index is -0.758. The zero-order valence-electron chi connectivity index (χ0n) is 57.9. The SMILES string of the molecule is CC(C)(C)C1CCC(COc2ccnc(Nc3ccc(N4CCOCC4)cc3)n2)CC1.CC(C)(C)C1CCC(COc2nc(Nc3ccc(N4CCOCC4)cc3)ncc2Cl)CC1.[C-]#[N+]C(C)(C)n1cc(Nc2ncc(Cl)c(OCC3CCC(C(C)(C)C)CC3)n2)c(C)n1. The first kappa shape index (κ1) is 71.6. The third-order valence-corrected chi connectivity index (χ3v) is 20.1. The van der Waals surface area contributed by atoms with Crippen LogP contribution in [0.5, 0.6) is 17.6 Å². The number of aromatic nitrogens is 8. The summed E-state index contributed by atoms with van der Waals surface area (Å²) in [6.45, 7) is 42.8. The van der Waals surface area contributed by atoms with Crippen LogP contribution >= 0.6 is 23.2 Å². The van der Waals surface area contributed by atoms with Gasteiger partial charge in [0.15, 0.2) is 0 Å². The Bertz CT molecular complexity index is 3340. The van der Waals surface area contributed by atoms with E-state index in [1.54, 1.807) is 29.5 Å². The van der Waals surface area contributed by atoms with Gasteiger partial charge in [-0.15, -0.1) is 0 Å². The van der Waals surface area contributed by atoms with Crippen molar-refractivity contribution in [1.29, 1.82) is 0 Å². The van der Waals surface area contributed by atoms with Gasteiger partial charge >= 0.3 is 5.66 Å². The van der Waals surface area contributed by atoms with Gasteiger partial charge in [0.2, 0.25) is 35.5 Å². The van der Waals surface area contributed by atoms with E-state index in [9.17, 15) is 0 Å². The molecule has 0 amide bonds. The van der Waals surface area contributed by atoms with Crippen LogP contribution in [0.4, 0.5) is 46.3 Å². The molecule has 6 heterocycles. The van der Waals surface area contributed by atoms with Crippen LogP contribution < -0.4 is 40.0 Å². The van der Waals surface area contributed by atoms with E-state index in [1.165, 1.54) is 88.4 Å². The number of aryl methyl sites for hydroxylation is 1. The summed E-state index contributed by atoms with van der Waals surface area (Å²) < 4.78 is 30.6. The molecule has 5 aliphatic rings. The Kier molecular flexibility index (Phi) is 25.0. The fraction of sp³-hybridized carbons (Fsp3) is 0.616. The fourth-order valence-corrected chi connectivity index (χ4v) is 13.4. The predicted molar refractivity (Wildman–Crippen MR) is 379 cm³/mol. The summed E-state index contributed by atoms with van der Waals surface area (Å²) in [4.78, 5) is 34.7. The number of morpholine rings is 2. The van der Waals surface area contributed by atoms with Crippen molar-refractivity contribution in [2.45, 2.75) is 166 Å². The van der Waals surface area contributed by atoms with E-state index >= 15 is 0 Å². The Morgan fingerprint density at radius 2 is 0.894 bits per heavy atom. The van der Waals surface area contributed by atoms with Crippen LogP contribution in [-0.2, 0) is 15.1 Å². The highest BCUT2D eigenvalue weighted by atomic mass is 35.5. The highest BCUT2D eigenvalue weighted by Gasteiger charge is 2.33. The molecule has 0 bridgehead atoms. The van der Waals surface area contributed by atoms with Crippen molar-refractivity contribution in [2.24, 2.45) is 51.8 Å². The first-order valence-corrected chi connectivity index (χ1v) is 35.0. The average Bonchev–Trinajstić information content (AvgIpc) is 1.66. The Morgan fingerprint density at radius 1 is 0.511 bits per heavy atom. The molecule has 0 unspecified atom stereocenters. The van der Waals surface area contributed by atoms with Crippen LogP contribution in [0.15, 0.2) is 79.4 Å². The second kappa shape index (κ2) is 32.8. The molecular formula is C73H104Cl2N14O5. The van der Waals surface area contributed by atoms with E-state index in [0.29, 0.717) is 92.7 Å². The molecule has 0 atom stereocenters. The monoisotopic (exact) mass is 1330 g/mol. The molecule has 2 aromatic carbocycles. The summed E-state index contributed by atoms with van der Waals surface area (Å²) in [5.41, 5.74) is 6.23. The molecule has 11 rings (SSSR count). The van der Waals surface area contributed by atoms with Crippen molar-refractivity contribution in [1.82, 2.24) is 39.7 Å². The maximum absolute atomic E-state index is 7.36. The van der Waals surface area contributed by atoms with Crippen molar-refractivity contribution < 1.29 is 23.7 Å². The van der Waals surface area contributed by atoms with Gasteiger partial charge in [0.1, 0.15) is 10.0 Å². The van der Waals surface area contributed by atoms with E-state index < -0.39 is 5.66 Å². The molecule has 5 fully saturated rings. The topological polar surface area (TPSA) is 188 Å². The number of nitrogens with one attached hydrogen (secondary N) is 3. The van der Waals surface area contributed by atoms with E-state index in [-0.39, 0.29) is 0 Å². The van der Waals surface area contributed by atoms with Crippen LogP contribution in [-0.4, -0.2) is 112 Å². The predicted octanol–water partition coefficient (Wildman–Crippen LogP) is 17.5. The number of halogens is 2. The quantitative estimate of drug-likeness (QED) is 0.0689. The van der Waals surface area contributed by atoms with E-state index in [4.69, 9.17) is 53.5 Å². The minimum Gasteiger partial charge on any atom is -0.477 e. The second-order valence-electron chi connectivity index (χ2n) is 29.9. The van der Waals surface area contributed by atoms with E-state index in [1.807, 2.05) is 39.0 Å². The van der Waals surface area contributed by atoms with Crippen LogP contribution in [0.1, 0.15) is 159 Å². The van der Waals surface area contributed by atoms with Gasteiger partial charge in [0, 0.05) is 75.0 Å². The summed E-state index contributed by atoms with van der Waals surface area (Å²) in [6.07, 6.45) is 21.5. The van der Waals surface area contributed by atoms with Gasteiger partial charge in [-0.25, -0.2) is 21.5 Å².